The highest BCUT2D eigenvalue weighted by molar-refractivity contribution is 5.84. The first-order valence-corrected chi connectivity index (χ1v) is 7.52. The number of amides is 1. The molecule has 0 radical (unpaired) electrons. The first kappa shape index (κ1) is 15.9. The molecule has 1 aliphatic heterocycles. The van der Waals surface area contributed by atoms with Crippen LogP contribution in [-0.4, -0.2) is 22.9 Å². The van der Waals surface area contributed by atoms with Crippen molar-refractivity contribution in [3.63, 3.8) is 0 Å². The minimum atomic E-state index is -0.620. The lowest BCUT2D eigenvalue weighted by Gasteiger charge is -2.32. The zero-order valence-corrected chi connectivity index (χ0v) is 12.7. The Labute approximate surface area is 124 Å². The fourth-order valence-corrected chi connectivity index (χ4v) is 2.97. The fraction of sp³-hybridized carbons (Fsp3) is 0.562. The van der Waals surface area contributed by atoms with Gasteiger partial charge in [-0.1, -0.05) is 20.3 Å². The molecule has 3 atom stereocenters. The van der Waals surface area contributed by atoms with Crippen molar-refractivity contribution in [2.75, 3.05) is 0 Å². The van der Waals surface area contributed by atoms with Gasteiger partial charge in [0.15, 0.2) is 0 Å². The van der Waals surface area contributed by atoms with Crippen molar-refractivity contribution >= 4 is 5.91 Å². The summed E-state index contributed by atoms with van der Waals surface area (Å²) < 4.78 is 27.2. The fourth-order valence-electron chi connectivity index (χ4n) is 2.97. The first-order valence-electron chi connectivity index (χ1n) is 7.52. The van der Waals surface area contributed by atoms with Gasteiger partial charge in [0.25, 0.3) is 0 Å². The van der Waals surface area contributed by atoms with E-state index in [4.69, 9.17) is 0 Å². The molecule has 0 spiro atoms. The average Bonchev–Trinajstić information content (AvgIpc) is 2.72. The topological polar surface area (TPSA) is 32.3 Å². The summed E-state index contributed by atoms with van der Waals surface area (Å²) >= 11 is 0. The van der Waals surface area contributed by atoms with Gasteiger partial charge in [-0.3, -0.25) is 10.1 Å². The molecule has 1 fully saturated rings. The molecule has 0 saturated carbocycles. The molecule has 3 unspecified atom stereocenters. The molecule has 116 valence electrons. The van der Waals surface area contributed by atoms with Crippen molar-refractivity contribution in [2.24, 2.45) is 0 Å². The number of nitrogens with zero attached hydrogens (tertiary/aromatic N) is 1. The summed E-state index contributed by atoms with van der Waals surface area (Å²) in [6.07, 6.45) is 2.11. The molecule has 0 bridgehead atoms. The van der Waals surface area contributed by atoms with Gasteiger partial charge in [-0.05, 0) is 31.9 Å². The van der Waals surface area contributed by atoms with Gasteiger partial charge < -0.3 is 4.90 Å². The zero-order chi connectivity index (χ0) is 15.6. The van der Waals surface area contributed by atoms with Crippen molar-refractivity contribution in [3.8, 4) is 0 Å². The van der Waals surface area contributed by atoms with E-state index in [0.717, 1.165) is 25.3 Å². The standard InChI is InChI=1S/C16H22F2N2O/c1-4-6-12(5-2)20-15(19-10(3)16(20)21)13-8-7-11(17)9-14(13)18/h7-10,12,15,19H,4-6H2,1-3H3. The molecule has 3 nitrogen and oxygen atoms in total. The van der Waals surface area contributed by atoms with Crippen LogP contribution in [0.25, 0.3) is 0 Å². The van der Waals surface area contributed by atoms with Crippen molar-refractivity contribution in [2.45, 2.75) is 58.3 Å². The molecule has 1 aromatic carbocycles. The van der Waals surface area contributed by atoms with Crippen molar-refractivity contribution in [1.82, 2.24) is 10.2 Å². The smallest absolute Gasteiger partial charge is 0.241 e. The van der Waals surface area contributed by atoms with E-state index in [1.807, 2.05) is 6.92 Å². The Bertz CT molecular complexity index is 521. The molecular formula is C16H22F2N2O. The summed E-state index contributed by atoms with van der Waals surface area (Å²) in [5, 5.41) is 3.12. The Morgan fingerprint density at radius 3 is 2.62 bits per heavy atom. The van der Waals surface area contributed by atoms with Crippen LogP contribution in [0, 0.1) is 11.6 Å². The number of carbonyl (C=O) groups excluding carboxylic acids is 1. The summed E-state index contributed by atoms with van der Waals surface area (Å²) in [6, 6.07) is 3.22. The van der Waals surface area contributed by atoms with E-state index in [0.29, 0.717) is 5.56 Å². The Hall–Kier alpha value is -1.49. The van der Waals surface area contributed by atoms with E-state index in [-0.39, 0.29) is 18.0 Å². The van der Waals surface area contributed by atoms with Gasteiger partial charge in [-0.25, -0.2) is 8.78 Å². The largest absolute Gasteiger partial charge is 0.318 e. The van der Waals surface area contributed by atoms with Gasteiger partial charge in [-0.15, -0.1) is 0 Å². The second-order valence-corrected chi connectivity index (χ2v) is 5.55. The maximum atomic E-state index is 14.1. The Morgan fingerprint density at radius 1 is 1.33 bits per heavy atom. The minimum absolute atomic E-state index is 0.0241. The number of rotatable bonds is 5. The van der Waals surface area contributed by atoms with Gasteiger partial charge in [0, 0.05) is 17.7 Å². The summed E-state index contributed by atoms with van der Waals surface area (Å²) in [4.78, 5) is 14.1. The number of benzene rings is 1. The summed E-state index contributed by atoms with van der Waals surface area (Å²) in [7, 11) is 0. The second kappa shape index (κ2) is 6.52. The van der Waals surface area contributed by atoms with Crippen molar-refractivity contribution in [1.29, 1.82) is 0 Å². The molecule has 1 saturated heterocycles. The van der Waals surface area contributed by atoms with Crippen LogP contribution in [0.5, 0.6) is 0 Å². The van der Waals surface area contributed by atoms with Crippen LogP contribution in [0.4, 0.5) is 8.78 Å². The number of hydrogen-bond donors (Lipinski definition) is 1. The molecule has 1 aromatic rings. The normalized spacial score (nSPS) is 23.7. The first-order chi connectivity index (χ1) is 9.99. The molecule has 0 aromatic heterocycles. The quantitative estimate of drug-likeness (QED) is 0.903. The highest BCUT2D eigenvalue weighted by Crippen LogP contribution is 2.31. The van der Waals surface area contributed by atoms with Gasteiger partial charge in [0.1, 0.15) is 17.8 Å². The maximum absolute atomic E-state index is 14.1. The summed E-state index contributed by atoms with van der Waals surface area (Å²) in [6.45, 7) is 5.86. The zero-order valence-electron chi connectivity index (χ0n) is 12.7. The predicted octanol–water partition coefficient (Wildman–Crippen LogP) is 3.36. The second-order valence-electron chi connectivity index (χ2n) is 5.55. The lowest BCUT2D eigenvalue weighted by Crippen LogP contribution is -2.40. The van der Waals surface area contributed by atoms with Crippen LogP contribution >= 0.6 is 0 Å². The predicted molar refractivity (Wildman–Crippen MR) is 77.5 cm³/mol. The van der Waals surface area contributed by atoms with E-state index < -0.39 is 17.8 Å². The van der Waals surface area contributed by atoms with Crippen molar-refractivity contribution < 1.29 is 13.6 Å². The van der Waals surface area contributed by atoms with E-state index in [9.17, 15) is 13.6 Å². The SMILES string of the molecule is CCCC(CC)N1C(=O)C(C)NC1c1ccc(F)cc1F. The maximum Gasteiger partial charge on any atom is 0.241 e. The van der Waals surface area contributed by atoms with Crippen LogP contribution in [-0.2, 0) is 4.79 Å². The van der Waals surface area contributed by atoms with E-state index in [1.165, 1.54) is 12.1 Å². The monoisotopic (exact) mass is 296 g/mol. The molecule has 0 aliphatic carbocycles. The number of carbonyl (C=O) groups is 1. The van der Waals surface area contributed by atoms with Crippen LogP contribution in [0.15, 0.2) is 18.2 Å². The van der Waals surface area contributed by atoms with Crippen LogP contribution in [0.1, 0.15) is 51.8 Å². The number of hydrogen-bond acceptors (Lipinski definition) is 2. The molecule has 1 heterocycles. The van der Waals surface area contributed by atoms with E-state index >= 15 is 0 Å². The van der Waals surface area contributed by atoms with Crippen molar-refractivity contribution in [3.05, 3.63) is 35.4 Å². The van der Waals surface area contributed by atoms with Gasteiger partial charge in [0.2, 0.25) is 5.91 Å². The lowest BCUT2D eigenvalue weighted by atomic mass is 10.0. The van der Waals surface area contributed by atoms with Gasteiger partial charge in [-0.2, -0.15) is 0 Å². The third-order valence-electron chi connectivity index (χ3n) is 4.05. The Morgan fingerprint density at radius 2 is 2.05 bits per heavy atom. The Balaban J connectivity index is 2.37. The molecular weight excluding hydrogens is 274 g/mol. The van der Waals surface area contributed by atoms with Crippen LogP contribution < -0.4 is 5.32 Å². The third-order valence-corrected chi connectivity index (χ3v) is 4.05. The average molecular weight is 296 g/mol. The van der Waals surface area contributed by atoms with Crippen LogP contribution in [0.2, 0.25) is 0 Å². The molecule has 2 rings (SSSR count). The van der Waals surface area contributed by atoms with E-state index in [2.05, 4.69) is 12.2 Å². The summed E-state index contributed by atoms with van der Waals surface area (Å²) in [5.74, 6) is -1.25. The molecule has 1 aliphatic rings. The van der Waals surface area contributed by atoms with E-state index in [1.54, 1.807) is 11.8 Å². The van der Waals surface area contributed by atoms with Gasteiger partial charge >= 0.3 is 0 Å². The summed E-state index contributed by atoms with van der Waals surface area (Å²) in [5.41, 5.74) is 0.323. The molecule has 1 amide bonds. The van der Waals surface area contributed by atoms with Crippen LogP contribution in [0.3, 0.4) is 0 Å². The number of halogens is 2. The molecule has 21 heavy (non-hydrogen) atoms. The highest BCUT2D eigenvalue weighted by Gasteiger charge is 2.41. The molecule has 1 N–H and O–H groups in total. The molecule has 5 heteroatoms. The highest BCUT2D eigenvalue weighted by atomic mass is 19.1. The lowest BCUT2D eigenvalue weighted by molar-refractivity contribution is -0.132. The third kappa shape index (κ3) is 3.07. The minimum Gasteiger partial charge on any atom is -0.318 e. The number of nitrogens with one attached hydrogen (secondary N) is 1. The Kier molecular flexibility index (Phi) is 4.93. The van der Waals surface area contributed by atoms with Gasteiger partial charge in [0.05, 0.1) is 6.04 Å².